The Balaban J connectivity index is 1.13. The van der Waals surface area contributed by atoms with E-state index in [4.69, 9.17) is 0 Å². The third kappa shape index (κ3) is 9.03. The van der Waals surface area contributed by atoms with Crippen LogP contribution < -0.4 is 19.6 Å². The fourth-order valence-electron chi connectivity index (χ4n) is 8.88. The van der Waals surface area contributed by atoms with Gasteiger partial charge in [-0.2, -0.15) is 0 Å². The molecule has 63 heavy (non-hydrogen) atoms. The van der Waals surface area contributed by atoms with Gasteiger partial charge in [-0.1, -0.05) is 110 Å². The molecule has 4 heteroatoms. The van der Waals surface area contributed by atoms with Crippen LogP contribution in [0.25, 0.3) is 0 Å². The Morgan fingerprint density at radius 1 is 0.397 bits per heavy atom. The Morgan fingerprint density at radius 2 is 0.810 bits per heavy atom. The summed E-state index contributed by atoms with van der Waals surface area (Å²) in [6.07, 6.45) is 15.0. The van der Waals surface area contributed by atoms with E-state index >= 15 is 0 Å². The molecule has 3 atom stereocenters. The second-order valence-corrected chi connectivity index (χ2v) is 17.1. The minimum atomic E-state index is 0.189. The number of allylic oxidation sites excluding steroid dienone is 5. The van der Waals surface area contributed by atoms with Gasteiger partial charge in [0, 0.05) is 62.6 Å². The molecule has 2 aliphatic carbocycles. The van der Waals surface area contributed by atoms with E-state index in [2.05, 4.69) is 273 Å². The Bertz CT molecular complexity index is 2770. The number of para-hydroxylation sites is 2. The third-order valence-corrected chi connectivity index (χ3v) is 12.2. The molecule has 0 heterocycles. The van der Waals surface area contributed by atoms with Crippen molar-refractivity contribution in [2.45, 2.75) is 47.1 Å². The van der Waals surface area contributed by atoms with Gasteiger partial charge in [0.05, 0.1) is 6.04 Å². The molecular weight excluding hydrogens is 765 g/mol. The van der Waals surface area contributed by atoms with Crippen molar-refractivity contribution in [3.8, 4) is 0 Å². The summed E-state index contributed by atoms with van der Waals surface area (Å²) in [5.74, 6) is 0.877. The molecule has 0 aromatic heterocycles. The number of anilines is 10. The molecule has 2 aliphatic rings. The molecule has 0 fully saturated rings. The summed E-state index contributed by atoms with van der Waals surface area (Å²) >= 11 is 0. The molecule has 312 valence electrons. The number of rotatable bonds is 12. The van der Waals surface area contributed by atoms with E-state index in [0.717, 1.165) is 57.6 Å². The maximum atomic E-state index is 2.48. The third-order valence-electron chi connectivity index (χ3n) is 12.2. The monoisotopic (exact) mass is 820 g/mol. The zero-order valence-corrected chi connectivity index (χ0v) is 37.0. The van der Waals surface area contributed by atoms with E-state index in [-0.39, 0.29) is 6.04 Å². The predicted molar refractivity (Wildman–Crippen MR) is 269 cm³/mol. The standard InChI is InChI=1S/C59H56N4/c1-43-23-26-50(27-24-43)62(58-21-13-15-45(3)41-58)55-34-30-52(31-35-55)60(51-28-32-54(33-29-51)61(48-16-8-6-9-17-48)57-20-12-14-44(2)40-57)53-36-38-56(39-37-53)63(49-18-10-7-11-19-49)59-42-46(4)22-25-47(59)5/h6-23,25-43,47,59H,24H2,1-5H3. The topological polar surface area (TPSA) is 13.0 Å². The van der Waals surface area contributed by atoms with Crippen molar-refractivity contribution in [3.63, 3.8) is 0 Å². The molecule has 7 aromatic rings. The number of benzene rings is 7. The Morgan fingerprint density at radius 3 is 1.30 bits per heavy atom. The summed E-state index contributed by atoms with van der Waals surface area (Å²) in [4.78, 5) is 9.56. The SMILES string of the molecule is CC1=CC(N(c2ccccc2)c2ccc(N(c3ccc(N(C4=CCC(C)C=C4)c4cccc(C)c4)cc3)c3ccc(N(c4ccccc4)c4cccc(C)c4)cc3)cc2)C(C)C=C1. The first-order valence-electron chi connectivity index (χ1n) is 22.3. The molecular formula is C59H56N4. The van der Waals surface area contributed by atoms with E-state index in [1.807, 2.05) is 0 Å². The summed E-state index contributed by atoms with van der Waals surface area (Å²) < 4.78 is 0. The van der Waals surface area contributed by atoms with Crippen molar-refractivity contribution < 1.29 is 0 Å². The summed E-state index contributed by atoms with van der Waals surface area (Å²) in [5.41, 5.74) is 16.1. The van der Waals surface area contributed by atoms with Gasteiger partial charge in [-0.25, -0.2) is 0 Å². The molecule has 0 saturated carbocycles. The molecule has 3 unspecified atom stereocenters. The lowest BCUT2D eigenvalue weighted by atomic mass is 9.91. The van der Waals surface area contributed by atoms with Crippen molar-refractivity contribution in [2.75, 3.05) is 19.6 Å². The summed E-state index contributed by atoms with van der Waals surface area (Å²) in [5, 5.41) is 0. The van der Waals surface area contributed by atoms with Gasteiger partial charge in [0.15, 0.2) is 0 Å². The quantitative estimate of drug-likeness (QED) is 0.122. The van der Waals surface area contributed by atoms with Gasteiger partial charge >= 0.3 is 0 Å². The number of nitrogens with zero attached hydrogens (tertiary/aromatic N) is 4. The largest absolute Gasteiger partial charge is 0.334 e. The van der Waals surface area contributed by atoms with Crippen LogP contribution in [0.15, 0.2) is 230 Å². The van der Waals surface area contributed by atoms with Gasteiger partial charge in [0.1, 0.15) is 0 Å². The number of aryl methyl sites for hydroxylation is 2. The summed E-state index contributed by atoms with van der Waals surface area (Å²) in [6, 6.07) is 66.2. The van der Waals surface area contributed by atoms with Gasteiger partial charge < -0.3 is 19.6 Å². The van der Waals surface area contributed by atoms with Crippen LogP contribution in [-0.2, 0) is 0 Å². The van der Waals surface area contributed by atoms with Crippen LogP contribution in [0.4, 0.5) is 56.9 Å². The highest BCUT2D eigenvalue weighted by Crippen LogP contribution is 2.42. The van der Waals surface area contributed by atoms with Crippen molar-refractivity contribution in [1.29, 1.82) is 0 Å². The first kappa shape index (κ1) is 41.1. The summed E-state index contributed by atoms with van der Waals surface area (Å²) in [6.45, 7) is 11.1. The first-order valence-corrected chi connectivity index (χ1v) is 22.3. The predicted octanol–water partition coefficient (Wildman–Crippen LogP) is 16.5. The lowest BCUT2D eigenvalue weighted by Gasteiger charge is -2.37. The molecule has 0 bridgehead atoms. The highest BCUT2D eigenvalue weighted by atomic mass is 15.2. The lowest BCUT2D eigenvalue weighted by Crippen LogP contribution is -2.35. The van der Waals surface area contributed by atoms with Crippen LogP contribution >= 0.6 is 0 Å². The normalized spacial score (nSPS) is 16.8. The smallest absolute Gasteiger partial charge is 0.0587 e. The molecule has 7 aromatic carbocycles. The fraction of sp³-hybridized carbons (Fsp3) is 0.153. The molecule has 0 spiro atoms. The number of hydrogen-bond donors (Lipinski definition) is 0. The van der Waals surface area contributed by atoms with E-state index in [0.29, 0.717) is 11.8 Å². The Kier molecular flexibility index (Phi) is 12.0. The summed E-state index contributed by atoms with van der Waals surface area (Å²) in [7, 11) is 0. The van der Waals surface area contributed by atoms with Crippen molar-refractivity contribution in [2.24, 2.45) is 11.8 Å². The van der Waals surface area contributed by atoms with E-state index < -0.39 is 0 Å². The average molecular weight is 821 g/mol. The van der Waals surface area contributed by atoms with Gasteiger partial charge in [0.2, 0.25) is 0 Å². The van der Waals surface area contributed by atoms with Crippen molar-refractivity contribution >= 4 is 56.9 Å². The minimum absolute atomic E-state index is 0.189. The van der Waals surface area contributed by atoms with E-state index in [1.54, 1.807) is 0 Å². The maximum Gasteiger partial charge on any atom is 0.0587 e. The first-order chi connectivity index (χ1) is 30.8. The second-order valence-electron chi connectivity index (χ2n) is 17.1. The molecule has 9 rings (SSSR count). The zero-order chi connectivity index (χ0) is 43.3. The minimum Gasteiger partial charge on any atom is -0.334 e. The Hall–Kier alpha value is -7.30. The van der Waals surface area contributed by atoms with Crippen molar-refractivity contribution in [3.05, 3.63) is 241 Å². The van der Waals surface area contributed by atoms with Crippen LogP contribution in [0.5, 0.6) is 0 Å². The molecule has 0 amide bonds. The molecule has 0 aliphatic heterocycles. The average Bonchev–Trinajstić information content (AvgIpc) is 3.31. The van der Waals surface area contributed by atoms with Gasteiger partial charge in [-0.05, 0) is 178 Å². The highest BCUT2D eigenvalue weighted by Gasteiger charge is 2.26. The molecule has 0 N–H and O–H groups in total. The van der Waals surface area contributed by atoms with E-state index in [1.165, 1.54) is 28.1 Å². The van der Waals surface area contributed by atoms with Gasteiger partial charge in [-0.3, -0.25) is 0 Å². The second kappa shape index (κ2) is 18.4. The fourth-order valence-corrected chi connectivity index (χ4v) is 8.88. The van der Waals surface area contributed by atoms with Crippen LogP contribution in [-0.4, -0.2) is 6.04 Å². The lowest BCUT2D eigenvalue weighted by molar-refractivity contribution is 0.605. The van der Waals surface area contributed by atoms with Gasteiger partial charge in [-0.15, -0.1) is 0 Å². The highest BCUT2D eigenvalue weighted by molar-refractivity contribution is 5.83. The van der Waals surface area contributed by atoms with E-state index in [9.17, 15) is 0 Å². The van der Waals surface area contributed by atoms with Crippen LogP contribution in [0.2, 0.25) is 0 Å². The van der Waals surface area contributed by atoms with Crippen molar-refractivity contribution in [1.82, 2.24) is 0 Å². The molecule has 4 nitrogen and oxygen atoms in total. The van der Waals surface area contributed by atoms with Crippen LogP contribution in [0.1, 0.15) is 38.3 Å². The van der Waals surface area contributed by atoms with Crippen LogP contribution in [0, 0.1) is 25.7 Å². The zero-order valence-electron chi connectivity index (χ0n) is 37.0. The Labute approximate surface area is 374 Å². The maximum absolute atomic E-state index is 2.48. The molecule has 0 radical (unpaired) electrons. The van der Waals surface area contributed by atoms with Gasteiger partial charge in [0.25, 0.3) is 0 Å². The van der Waals surface area contributed by atoms with Crippen LogP contribution in [0.3, 0.4) is 0 Å². The molecule has 0 saturated heterocycles. The number of hydrogen-bond acceptors (Lipinski definition) is 4.